The molecule has 5 atom stereocenters. The van der Waals surface area contributed by atoms with E-state index in [1.54, 1.807) is 19.1 Å². The number of methoxy groups -OCH3 is 1. The predicted octanol–water partition coefficient (Wildman–Crippen LogP) is 5.45. The molecular weight excluding hydrogens is 729 g/mol. The van der Waals surface area contributed by atoms with Gasteiger partial charge in [-0.05, 0) is 85.4 Å². The summed E-state index contributed by atoms with van der Waals surface area (Å²) in [6.07, 6.45) is 6.73. The van der Waals surface area contributed by atoms with Crippen LogP contribution in [0.5, 0.6) is 11.5 Å². The Hall–Kier alpha value is -6.02. The molecule has 2 aliphatic carbocycles. The lowest BCUT2D eigenvalue weighted by molar-refractivity contribution is -0.385. The van der Waals surface area contributed by atoms with Gasteiger partial charge in [0.15, 0.2) is 11.5 Å². The van der Waals surface area contributed by atoms with Gasteiger partial charge in [-0.25, -0.2) is 5.43 Å². The molecule has 14 nitrogen and oxygen atoms in total. The predicted molar refractivity (Wildman–Crippen MR) is 214 cm³/mol. The number of hydrogen-bond acceptors (Lipinski definition) is 9. The smallest absolute Gasteiger partial charge is 0.278 e. The summed E-state index contributed by atoms with van der Waals surface area (Å²) in [4.78, 5) is 63.8. The second kappa shape index (κ2) is 19.2. The fourth-order valence-electron chi connectivity index (χ4n) is 7.85. The van der Waals surface area contributed by atoms with Crippen LogP contribution in [0.2, 0.25) is 0 Å². The van der Waals surface area contributed by atoms with Crippen LogP contribution < -0.4 is 36.3 Å². The number of hydrazine groups is 1. The van der Waals surface area contributed by atoms with Crippen LogP contribution in [0.15, 0.2) is 84.9 Å². The van der Waals surface area contributed by atoms with E-state index in [0.717, 1.165) is 28.7 Å². The van der Waals surface area contributed by atoms with Gasteiger partial charge < -0.3 is 25.4 Å². The van der Waals surface area contributed by atoms with Crippen molar-refractivity contribution in [3.63, 3.8) is 0 Å². The average Bonchev–Trinajstić information content (AvgIpc) is 3.62. The highest BCUT2D eigenvalue weighted by molar-refractivity contribution is 6.01. The molecule has 2 fully saturated rings. The fraction of sp³-hybridized carbons (Fsp3) is 0.395. The molecule has 4 aromatic carbocycles. The largest absolute Gasteiger partial charge is 0.493 e. The Kier molecular flexibility index (Phi) is 13.7. The van der Waals surface area contributed by atoms with Gasteiger partial charge in [-0.1, -0.05) is 67.1 Å². The van der Waals surface area contributed by atoms with Crippen molar-refractivity contribution < 1.29 is 33.6 Å². The van der Waals surface area contributed by atoms with Crippen LogP contribution in [-0.4, -0.2) is 60.9 Å². The lowest BCUT2D eigenvalue weighted by atomic mass is 9.85. The number of nitro groups is 1. The first-order chi connectivity index (χ1) is 27.6. The minimum atomic E-state index is -0.990. The SMILES string of the molecule is COc1cc(C(C)NNC(=O)CNC(=O)[C@H](Cc2ccccc2)NC(=O)c2ccc3ccccc3c2)c([N+](=O)[O-])cc1OCCCC(=O)NC1CCC2CCC1C2. The van der Waals surface area contributed by atoms with E-state index in [4.69, 9.17) is 9.47 Å². The molecule has 2 aliphatic rings. The summed E-state index contributed by atoms with van der Waals surface area (Å²) in [7, 11) is 1.42. The van der Waals surface area contributed by atoms with E-state index in [2.05, 4.69) is 26.8 Å². The van der Waals surface area contributed by atoms with E-state index in [0.29, 0.717) is 17.9 Å². The molecular formula is C43H50N6O8. The zero-order valence-electron chi connectivity index (χ0n) is 32.3. The molecule has 2 bridgehead atoms. The molecule has 2 saturated carbocycles. The van der Waals surface area contributed by atoms with E-state index in [1.165, 1.54) is 44.9 Å². The zero-order chi connectivity index (χ0) is 40.3. The van der Waals surface area contributed by atoms with Crippen molar-refractivity contribution in [1.82, 2.24) is 26.8 Å². The van der Waals surface area contributed by atoms with Crippen molar-refractivity contribution in [2.45, 2.75) is 76.4 Å². The van der Waals surface area contributed by atoms with Gasteiger partial charge in [-0.3, -0.25) is 34.7 Å². The van der Waals surface area contributed by atoms with Crippen molar-refractivity contribution in [1.29, 1.82) is 0 Å². The van der Waals surface area contributed by atoms with E-state index in [-0.39, 0.29) is 54.1 Å². The van der Waals surface area contributed by atoms with Crippen LogP contribution in [-0.2, 0) is 20.8 Å². The van der Waals surface area contributed by atoms with Gasteiger partial charge in [-0.2, -0.15) is 0 Å². The van der Waals surface area contributed by atoms with Gasteiger partial charge in [0.1, 0.15) is 6.04 Å². The van der Waals surface area contributed by atoms with Crippen LogP contribution >= 0.6 is 0 Å². The number of nitrogens with zero attached hydrogens (tertiary/aromatic N) is 1. The monoisotopic (exact) mass is 778 g/mol. The number of nitrogens with one attached hydrogen (secondary N) is 5. The summed E-state index contributed by atoms with van der Waals surface area (Å²) >= 11 is 0. The maximum atomic E-state index is 13.4. The molecule has 5 N–H and O–H groups in total. The molecule has 4 amide bonds. The van der Waals surface area contributed by atoms with Crippen molar-refractivity contribution >= 4 is 40.1 Å². The number of amides is 4. The van der Waals surface area contributed by atoms with Gasteiger partial charge in [0.05, 0.1) is 42.9 Å². The first kappa shape index (κ1) is 40.6. The Morgan fingerprint density at radius 1 is 0.877 bits per heavy atom. The Morgan fingerprint density at radius 3 is 2.40 bits per heavy atom. The minimum Gasteiger partial charge on any atom is -0.493 e. The summed E-state index contributed by atoms with van der Waals surface area (Å²) in [6.45, 7) is 1.34. The van der Waals surface area contributed by atoms with Crippen LogP contribution in [0.1, 0.15) is 79.4 Å². The number of ether oxygens (including phenoxy) is 2. The number of nitro benzene ring substituents is 1. The van der Waals surface area contributed by atoms with Crippen LogP contribution in [0.25, 0.3) is 10.8 Å². The first-order valence-corrected chi connectivity index (χ1v) is 19.5. The van der Waals surface area contributed by atoms with E-state index >= 15 is 0 Å². The molecule has 14 heteroatoms. The Balaban J connectivity index is 1.00. The third kappa shape index (κ3) is 10.8. The Bertz CT molecular complexity index is 2080. The second-order valence-corrected chi connectivity index (χ2v) is 14.9. The molecule has 4 aromatic rings. The summed E-state index contributed by atoms with van der Waals surface area (Å²) in [5.74, 6) is 0.161. The maximum Gasteiger partial charge on any atom is 0.278 e. The molecule has 0 aliphatic heterocycles. The molecule has 4 unspecified atom stereocenters. The summed E-state index contributed by atoms with van der Waals surface area (Å²) < 4.78 is 11.3. The lowest BCUT2D eigenvalue weighted by Crippen LogP contribution is -2.51. The fourth-order valence-corrected chi connectivity index (χ4v) is 7.85. The van der Waals surface area contributed by atoms with Crippen molar-refractivity contribution in [3.8, 4) is 11.5 Å². The van der Waals surface area contributed by atoms with E-state index < -0.39 is 41.3 Å². The summed E-state index contributed by atoms with van der Waals surface area (Å²) in [5.41, 5.74) is 6.42. The lowest BCUT2D eigenvalue weighted by Gasteiger charge is -2.29. The molecule has 6 rings (SSSR count). The third-order valence-corrected chi connectivity index (χ3v) is 10.9. The minimum absolute atomic E-state index is 0.0143. The van der Waals surface area contributed by atoms with Gasteiger partial charge in [0.2, 0.25) is 11.8 Å². The Labute approximate surface area is 331 Å². The Morgan fingerprint density at radius 2 is 1.63 bits per heavy atom. The van der Waals surface area contributed by atoms with E-state index in [1.807, 2.05) is 60.7 Å². The highest BCUT2D eigenvalue weighted by Gasteiger charge is 2.36. The number of fused-ring (bicyclic) bond motifs is 3. The number of benzene rings is 4. The molecule has 300 valence electrons. The second-order valence-electron chi connectivity index (χ2n) is 14.9. The van der Waals surface area contributed by atoms with Gasteiger partial charge in [0.25, 0.3) is 17.5 Å². The molecule has 0 radical (unpaired) electrons. The number of carbonyl (C=O) groups excluding carboxylic acids is 4. The average molecular weight is 779 g/mol. The number of rotatable bonds is 18. The number of carbonyl (C=O) groups is 4. The van der Waals surface area contributed by atoms with E-state index in [9.17, 15) is 29.3 Å². The van der Waals surface area contributed by atoms with Crippen LogP contribution in [0.4, 0.5) is 5.69 Å². The maximum absolute atomic E-state index is 13.4. The highest BCUT2D eigenvalue weighted by Crippen LogP contribution is 2.42. The van der Waals surface area contributed by atoms with Gasteiger partial charge >= 0.3 is 0 Å². The molecule has 0 aromatic heterocycles. The molecule has 57 heavy (non-hydrogen) atoms. The van der Waals surface area contributed by atoms with Gasteiger partial charge in [0, 0.05) is 24.4 Å². The number of hydrogen-bond donors (Lipinski definition) is 5. The van der Waals surface area contributed by atoms with Gasteiger partial charge in [-0.15, -0.1) is 0 Å². The zero-order valence-corrected chi connectivity index (χ0v) is 32.3. The standard InChI is InChI=1S/C43H50N6O8/c1-27(34-24-38(56-2)39(25-37(34)49(54)55)57-20-8-13-40(50)45-35-19-15-29-14-16-32(35)21-29)47-48-41(51)26-44-43(53)36(22-28-9-4-3-5-10-28)46-42(52)33-18-17-30-11-6-7-12-31(30)23-33/h3-7,9-12,17-18,23-25,27,29,32,35-36,47H,8,13-16,19-22,26H2,1-2H3,(H,44,53)(H,45,50)(H,46,52)(H,48,51)/t27?,29?,32?,35?,36-/m0/s1. The van der Waals surface area contributed by atoms with Crippen LogP contribution in [0, 0.1) is 22.0 Å². The quantitative estimate of drug-likeness (QED) is 0.0497. The van der Waals surface area contributed by atoms with Crippen LogP contribution in [0.3, 0.4) is 0 Å². The first-order valence-electron chi connectivity index (χ1n) is 19.5. The highest BCUT2D eigenvalue weighted by atomic mass is 16.6. The van der Waals surface area contributed by atoms with Crippen molar-refractivity contribution in [2.24, 2.45) is 11.8 Å². The van der Waals surface area contributed by atoms with Crippen molar-refractivity contribution in [2.75, 3.05) is 20.3 Å². The molecule has 0 heterocycles. The molecule has 0 saturated heterocycles. The summed E-state index contributed by atoms with van der Waals surface area (Å²) in [6, 6.07) is 23.4. The topological polar surface area (TPSA) is 190 Å². The normalized spacial score (nSPS) is 18.2. The van der Waals surface area contributed by atoms with Crippen molar-refractivity contribution in [3.05, 3.63) is 112 Å². The summed E-state index contributed by atoms with van der Waals surface area (Å²) in [5, 5.41) is 22.6. The third-order valence-electron chi connectivity index (χ3n) is 10.9. The molecule has 0 spiro atoms.